The van der Waals surface area contributed by atoms with Gasteiger partial charge in [-0.25, -0.2) is 9.36 Å². The molecular formula is C14H17N7OS2. The highest BCUT2D eigenvalue weighted by molar-refractivity contribution is 7.99. The number of amides is 1. The van der Waals surface area contributed by atoms with Crippen molar-refractivity contribution in [1.29, 1.82) is 0 Å². The van der Waals surface area contributed by atoms with Crippen molar-refractivity contribution in [2.75, 3.05) is 11.6 Å². The zero-order valence-corrected chi connectivity index (χ0v) is 14.9. The summed E-state index contributed by atoms with van der Waals surface area (Å²) in [5.74, 6) is 6.59. The topological polar surface area (TPSA) is 104 Å². The van der Waals surface area contributed by atoms with Gasteiger partial charge in [-0.2, -0.15) is 5.10 Å². The molecule has 0 atom stereocenters. The molecule has 0 spiro atoms. The van der Waals surface area contributed by atoms with Gasteiger partial charge in [0.15, 0.2) is 0 Å². The molecule has 3 N–H and O–H groups in total. The van der Waals surface area contributed by atoms with Gasteiger partial charge >= 0.3 is 0 Å². The van der Waals surface area contributed by atoms with Gasteiger partial charge in [0, 0.05) is 10.6 Å². The average Bonchev–Trinajstić information content (AvgIpc) is 3.25. The lowest BCUT2D eigenvalue weighted by Gasteiger charge is -2.05. The van der Waals surface area contributed by atoms with Crippen LogP contribution in [0.5, 0.6) is 0 Å². The summed E-state index contributed by atoms with van der Waals surface area (Å²) in [5, 5.41) is 17.7. The van der Waals surface area contributed by atoms with E-state index in [1.165, 1.54) is 16.4 Å². The summed E-state index contributed by atoms with van der Waals surface area (Å²) in [6.45, 7) is 4.34. The van der Waals surface area contributed by atoms with Crippen LogP contribution in [0.3, 0.4) is 0 Å². The van der Waals surface area contributed by atoms with Gasteiger partial charge in [0.05, 0.1) is 18.0 Å². The van der Waals surface area contributed by atoms with Gasteiger partial charge in [0.2, 0.25) is 11.1 Å². The number of thioether (sulfide) groups is 1. The molecule has 3 aromatic rings. The van der Waals surface area contributed by atoms with Crippen molar-refractivity contribution in [1.82, 2.24) is 30.0 Å². The van der Waals surface area contributed by atoms with E-state index in [4.69, 9.17) is 5.84 Å². The Labute approximate surface area is 147 Å². The Kier molecular flexibility index (Phi) is 4.86. The van der Waals surface area contributed by atoms with Crippen LogP contribution >= 0.6 is 23.1 Å². The monoisotopic (exact) mass is 363 g/mol. The molecule has 1 amide bonds. The quantitative estimate of drug-likeness (QED) is 0.505. The Balaban J connectivity index is 1.60. The summed E-state index contributed by atoms with van der Waals surface area (Å²) >= 11 is 2.84. The van der Waals surface area contributed by atoms with Crippen LogP contribution in [-0.2, 0) is 11.3 Å². The number of rotatable bonds is 6. The maximum atomic E-state index is 11.9. The zero-order chi connectivity index (χ0) is 17.1. The number of carbonyl (C=O) groups excluding carboxylic acids is 1. The van der Waals surface area contributed by atoms with Crippen LogP contribution in [0.1, 0.15) is 16.3 Å². The van der Waals surface area contributed by atoms with Gasteiger partial charge in [-0.3, -0.25) is 4.79 Å². The summed E-state index contributed by atoms with van der Waals surface area (Å²) in [6, 6.07) is 5.87. The predicted molar refractivity (Wildman–Crippen MR) is 93.7 cm³/mol. The van der Waals surface area contributed by atoms with Crippen molar-refractivity contribution in [3.05, 3.63) is 39.8 Å². The summed E-state index contributed by atoms with van der Waals surface area (Å²) in [5.41, 5.74) is 1.79. The van der Waals surface area contributed by atoms with Gasteiger partial charge in [0.1, 0.15) is 0 Å². The van der Waals surface area contributed by atoms with Crippen molar-refractivity contribution in [2.24, 2.45) is 0 Å². The lowest BCUT2D eigenvalue weighted by molar-refractivity contribution is -0.118. The third-order valence-corrected chi connectivity index (χ3v) is 5.04. The van der Waals surface area contributed by atoms with Crippen molar-refractivity contribution in [2.45, 2.75) is 25.5 Å². The van der Waals surface area contributed by atoms with Gasteiger partial charge in [-0.05, 0) is 31.4 Å². The molecule has 0 saturated carbocycles. The molecule has 0 radical (unpaired) electrons. The van der Waals surface area contributed by atoms with E-state index in [2.05, 4.69) is 20.6 Å². The van der Waals surface area contributed by atoms with Crippen molar-refractivity contribution in [3.8, 4) is 5.95 Å². The second-order valence-electron chi connectivity index (χ2n) is 5.14. The third kappa shape index (κ3) is 3.60. The van der Waals surface area contributed by atoms with E-state index in [1.807, 2.05) is 37.4 Å². The fourth-order valence-electron chi connectivity index (χ4n) is 2.12. The van der Waals surface area contributed by atoms with E-state index in [-0.39, 0.29) is 11.7 Å². The first kappa shape index (κ1) is 16.5. The SMILES string of the molecule is Cc1cc(C)n(-c2nnc(SCC(=O)NCc3cccs3)n2N)n1. The van der Waals surface area contributed by atoms with Crippen molar-refractivity contribution >= 4 is 29.0 Å². The van der Waals surface area contributed by atoms with Crippen LogP contribution < -0.4 is 11.2 Å². The van der Waals surface area contributed by atoms with Gasteiger partial charge < -0.3 is 11.2 Å². The number of carbonyl (C=O) groups is 1. The molecule has 10 heteroatoms. The maximum absolute atomic E-state index is 11.9. The van der Waals surface area contributed by atoms with Gasteiger partial charge in [-0.1, -0.05) is 17.8 Å². The Morgan fingerprint density at radius 2 is 2.25 bits per heavy atom. The van der Waals surface area contributed by atoms with Crippen LogP contribution in [0.25, 0.3) is 5.95 Å². The fraction of sp³-hybridized carbons (Fsp3) is 0.286. The first-order valence-corrected chi connectivity index (χ1v) is 9.07. The van der Waals surface area contributed by atoms with Crippen molar-refractivity contribution < 1.29 is 4.79 Å². The van der Waals surface area contributed by atoms with E-state index in [0.717, 1.165) is 16.3 Å². The van der Waals surface area contributed by atoms with E-state index in [1.54, 1.807) is 16.0 Å². The number of hydrogen-bond donors (Lipinski definition) is 2. The average molecular weight is 363 g/mol. The molecular weight excluding hydrogens is 346 g/mol. The number of aromatic nitrogens is 5. The molecule has 126 valence electrons. The summed E-state index contributed by atoms with van der Waals surface area (Å²) < 4.78 is 2.97. The van der Waals surface area contributed by atoms with Crippen LogP contribution in [0.15, 0.2) is 28.7 Å². The lowest BCUT2D eigenvalue weighted by atomic mass is 10.4. The van der Waals surface area contributed by atoms with Crippen LogP contribution in [-0.4, -0.2) is 36.3 Å². The fourth-order valence-corrected chi connectivity index (χ4v) is 3.45. The minimum absolute atomic E-state index is 0.0796. The smallest absolute Gasteiger partial charge is 0.271 e. The molecule has 0 unspecified atom stereocenters. The summed E-state index contributed by atoms with van der Waals surface area (Å²) in [6.07, 6.45) is 0. The highest BCUT2D eigenvalue weighted by atomic mass is 32.2. The Hall–Kier alpha value is -2.33. The zero-order valence-electron chi connectivity index (χ0n) is 13.3. The number of thiophene rings is 1. The van der Waals surface area contributed by atoms with Gasteiger partial charge in [-0.15, -0.1) is 21.5 Å². The lowest BCUT2D eigenvalue weighted by Crippen LogP contribution is -2.24. The number of nitrogens with zero attached hydrogens (tertiary/aromatic N) is 5. The highest BCUT2D eigenvalue weighted by Gasteiger charge is 2.16. The Morgan fingerprint density at radius 3 is 2.92 bits per heavy atom. The molecule has 24 heavy (non-hydrogen) atoms. The summed E-state index contributed by atoms with van der Waals surface area (Å²) in [7, 11) is 0. The van der Waals surface area contributed by atoms with Crippen LogP contribution in [0.2, 0.25) is 0 Å². The van der Waals surface area contributed by atoms with Crippen LogP contribution in [0.4, 0.5) is 0 Å². The first-order valence-electron chi connectivity index (χ1n) is 7.20. The molecule has 3 heterocycles. The number of nitrogen functional groups attached to an aromatic ring is 1. The number of nitrogens with one attached hydrogen (secondary N) is 1. The van der Waals surface area contributed by atoms with Crippen LogP contribution in [0, 0.1) is 13.8 Å². The van der Waals surface area contributed by atoms with Crippen molar-refractivity contribution in [3.63, 3.8) is 0 Å². The van der Waals surface area contributed by atoms with E-state index >= 15 is 0 Å². The molecule has 0 aliphatic heterocycles. The molecule has 3 rings (SSSR count). The normalized spacial score (nSPS) is 10.9. The predicted octanol–water partition coefficient (Wildman–Crippen LogP) is 1.26. The third-order valence-electron chi connectivity index (χ3n) is 3.22. The number of aryl methyl sites for hydroxylation is 2. The minimum Gasteiger partial charge on any atom is -0.350 e. The summed E-state index contributed by atoms with van der Waals surface area (Å²) in [4.78, 5) is 13.0. The molecule has 8 nitrogen and oxygen atoms in total. The first-order chi connectivity index (χ1) is 11.5. The Bertz CT molecular complexity index is 838. The number of hydrogen-bond acceptors (Lipinski definition) is 7. The molecule has 0 bridgehead atoms. The largest absolute Gasteiger partial charge is 0.350 e. The second kappa shape index (κ2) is 7.05. The molecule has 0 saturated heterocycles. The number of nitrogens with two attached hydrogens (primary N) is 1. The molecule has 0 aliphatic rings. The van der Waals surface area contributed by atoms with E-state index in [0.29, 0.717) is 17.6 Å². The van der Waals surface area contributed by atoms with E-state index in [9.17, 15) is 4.79 Å². The molecule has 0 fully saturated rings. The Morgan fingerprint density at radius 1 is 1.42 bits per heavy atom. The molecule has 0 aliphatic carbocycles. The highest BCUT2D eigenvalue weighted by Crippen LogP contribution is 2.17. The molecule has 3 aromatic heterocycles. The second-order valence-corrected chi connectivity index (χ2v) is 7.11. The minimum atomic E-state index is -0.0796. The maximum Gasteiger partial charge on any atom is 0.271 e. The standard InChI is InChI=1S/C14H17N7OS2/c1-9-6-10(2)21(19-9)13-17-18-14(20(13)15)24-8-12(22)16-7-11-4-3-5-23-11/h3-6H,7-8,15H2,1-2H3,(H,16,22). The van der Waals surface area contributed by atoms with E-state index < -0.39 is 0 Å². The molecule has 0 aromatic carbocycles. The van der Waals surface area contributed by atoms with Gasteiger partial charge in [0.25, 0.3) is 5.95 Å².